The largest absolute Gasteiger partial charge is 0.322 e. The summed E-state index contributed by atoms with van der Waals surface area (Å²) in [6.07, 6.45) is 0. The van der Waals surface area contributed by atoms with Gasteiger partial charge in [0.05, 0.1) is 10.6 Å². The molecule has 0 fully saturated rings. The van der Waals surface area contributed by atoms with Crippen LogP contribution in [0.5, 0.6) is 0 Å². The smallest absolute Gasteiger partial charge is 0.257 e. The van der Waals surface area contributed by atoms with Crippen LogP contribution in [0.1, 0.15) is 35.7 Å². The molecule has 2 aromatic rings. The van der Waals surface area contributed by atoms with Crippen molar-refractivity contribution in [1.29, 1.82) is 0 Å². The van der Waals surface area contributed by atoms with E-state index in [-0.39, 0.29) is 16.5 Å². The number of carbonyl (C=O) groups excluding carboxylic acids is 1. The van der Waals surface area contributed by atoms with E-state index in [0.29, 0.717) is 11.6 Å². The predicted molar refractivity (Wildman–Crippen MR) is 79.9 cm³/mol. The summed E-state index contributed by atoms with van der Waals surface area (Å²) in [5, 5.41) is 2.84. The molecular formula is C16H15ClFNO. The quantitative estimate of drug-likeness (QED) is 0.860. The van der Waals surface area contributed by atoms with E-state index in [1.54, 1.807) is 0 Å². The van der Waals surface area contributed by atoms with Gasteiger partial charge in [0, 0.05) is 5.69 Å². The minimum atomic E-state index is -0.465. The van der Waals surface area contributed by atoms with Gasteiger partial charge in [-0.1, -0.05) is 37.6 Å². The third kappa shape index (κ3) is 3.36. The number of anilines is 1. The molecule has 0 heterocycles. The highest BCUT2D eigenvalue weighted by Gasteiger charge is 2.11. The lowest BCUT2D eigenvalue weighted by atomic mass is 10.0. The molecule has 0 saturated heterocycles. The zero-order chi connectivity index (χ0) is 14.7. The monoisotopic (exact) mass is 291 g/mol. The highest BCUT2D eigenvalue weighted by molar-refractivity contribution is 6.34. The Balaban J connectivity index is 2.15. The van der Waals surface area contributed by atoms with E-state index in [1.165, 1.54) is 17.7 Å². The third-order valence-electron chi connectivity index (χ3n) is 3.01. The van der Waals surface area contributed by atoms with E-state index in [9.17, 15) is 9.18 Å². The van der Waals surface area contributed by atoms with Crippen molar-refractivity contribution in [2.24, 2.45) is 0 Å². The van der Waals surface area contributed by atoms with Crippen LogP contribution >= 0.6 is 11.6 Å². The second-order valence-electron chi connectivity index (χ2n) is 4.86. The van der Waals surface area contributed by atoms with Crippen LogP contribution in [0.4, 0.5) is 10.1 Å². The van der Waals surface area contributed by atoms with Crippen LogP contribution < -0.4 is 5.32 Å². The van der Waals surface area contributed by atoms with Gasteiger partial charge in [0.1, 0.15) is 5.82 Å². The molecule has 2 nitrogen and oxygen atoms in total. The number of amides is 1. The fraction of sp³-hybridized carbons (Fsp3) is 0.188. The highest BCUT2D eigenvalue weighted by atomic mass is 35.5. The third-order valence-corrected chi connectivity index (χ3v) is 3.32. The molecular weight excluding hydrogens is 277 g/mol. The van der Waals surface area contributed by atoms with Gasteiger partial charge in [0.15, 0.2) is 0 Å². The summed E-state index contributed by atoms with van der Waals surface area (Å²) >= 11 is 5.86. The Morgan fingerprint density at radius 3 is 2.35 bits per heavy atom. The maximum atomic E-state index is 12.9. The Morgan fingerprint density at radius 1 is 1.15 bits per heavy atom. The van der Waals surface area contributed by atoms with E-state index < -0.39 is 5.82 Å². The molecule has 1 N–H and O–H groups in total. The van der Waals surface area contributed by atoms with Gasteiger partial charge in [-0.25, -0.2) is 4.39 Å². The van der Waals surface area contributed by atoms with Gasteiger partial charge in [-0.3, -0.25) is 4.79 Å². The summed E-state index contributed by atoms with van der Waals surface area (Å²) < 4.78 is 12.9. The van der Waals surface area contributed by atoms with Crippen molar-refractivity contribution < 1.29 is 9.18 Å². The average Bonchev–Trinajstić information content (AvgIpc) is 2.39. The van der Waals surface area contributed by atoms with Gasteiger partial charge in [0.2, 0.25) is 0 Å². The van der Waals surface area contributed by atoms with Crippen molar-refractivity contribution in [2.45, 2.75) is 19.8 Å². The summed E-state index contributed by atoms with van der Waals surface area (Å²) in [7, 11) is 0. The molecule has 0 saturated carbocycles. The predicted octanol–water partition coefficient (Wildman–Crippen LogP) is 4.85. The van der Waals surface area contributed by atoms with E-state index in [0.717, 1.165) is 6.07 Å². The second-order valence-corrected chi connectivity index (χ2v) is 5.26. The fourth-order valence-electron chi connectivity index (χ4n) is 1.82. The molecule has 104 valence electrons. The number of halogens is 2. The Hall–Kier alpha value is -1.87. The van der Waals surface area contributed by atoms with Crippen LogP contribution in [-0.2, 0) is 0 Å². The Morgan fingerprint density at radius 2 is 1.80 bits per heavy atom. The molecule has 2 aromatic carbocycles. The van der Waals surface area contributed by atoms with E-state index in [1.807, 2.05) is 24.3 Å². The van der Waals surface area contributed by atoms with Gasteiger partial charge in [0.25, 0.3) is 5.91 Å². The lowest BCUT2D eigenvalue weighted by molar-refractivity contribution is 0.102. The molecule has 0 bridgehead atoms. The number of hydrogen-bond acceptors (Lipinski definition) is 1. The first-order valence-electron chi connectivity index (χ1n) is 6.33. The maximum absolute atomic E-state index is 12.9. The first-order chi connectivity index (χ1) is 9.47. The summed E-state index contributed by atoms with van der Waals surface area (Å²) in [6.45, 7) is 4.21. The van der Waals surface area contributed by atoms with Crippen molar-refractivity contribution in [3.8, 4) is 0 Å². The Kier molecular flexibility index (Phi) is 4.40. The van der Waals surface area contributed by atoms with Crippen LogP contribution in [0, 0.1) is 5.82 Å². The van der Waals surface area contributed by atoms with E-state index >= 15 is 0 Å². The van der Waals surface area contributed by atoms with Crippen molar-refractivity contribution in [2.75, 3.05) is 5.32 Å². The van der Waals surface area contributed by atoms with Gasteiger partial charge in [-0.05, 0) is 41.8 Å². The van der Waals surface area contributed by atoms with Crippen LogP contribution in [0.25, 0.3) is 0 Å². The number of carbonyl (C=O) groups is 1. The van der Waals surface area contributed by atoms with Gasteiger partial charge < -0.3 is 5.32 Å². The standard InChI is InChI=1S/C16H15ClFNO/c1-10(2)11-3-6-13(7-4-11)19-16(20)14-8-5-12(18)9-15(14)17/h3-10H,1-2H3,(H,19,20). The summed E-state index contributed by atoms with van der Waals surface area (Å²) in [6, 6.07) is 11.3. The van der Waals surface area contributed by atoms with Gasteiger partial charge in [-0.2, -0.15) is 0 Å². The highest BCUT2D eigenvalue weighted by Crippen LogP contribution is 2.20. The molecule has 20 heavy (non-hydrogen) atoms. The molecule has 1 amide bonds. The van der Waals surface area contributed by atoms with Crippen LogP contribution in [0.2, 0.25) is 5.02 Å². The average molecular weight is 292 g/mol. The zero-order valence-electron chi connectivity index (χ0n) is 11.3. The van der Waals surface area contributed by atoms with Crippen molar-refractivity contribution >= 4 is 23.2 Å². The first kappa shape index (κ1) is 14.5. The van der Waals surface area contributed by atoms with E-state index in [4.69, 9.17) is 11.6 Å². The molecule has 0 atom stereocenters. The van der Waals surface area contributed by atoms with Gasteiger partial charge >= 0.3 is 0 Å². The van der Waals surface area contributed by atoms with Crippen molar-refractivity contribution in [1.82, 2.24) is 0 Å². The lowest BCUT2D eigenvalue weighted by Crippen LogP contribution is -2.12. The molecule has 4 heteroatoms. The van der Waals surface area contributed by atoms with Gasteiger partial charge in [-0.15, -0.1) is 0 Å². The number of nitrogens with one attached hydrogen (secondary N) is 1. The SMILES string of the molecule is CC(C)c1ccc(NC(=O)c2ccc(F)cc2Cl)cc1. The van der Waals surface area contributed by atoms with E-state index in [2.05, 4.69) is 19.2 Å². The molecule has 0 spiro atoms. The van der Waals surface area contributed by atoms with Crippen LogP contribution in [-0.4, -0.2) is 5.91 Å². The van der Waals surface area contributed by atoms with Crippen molar-refractivity contribution in [3.63, 3.8) is 0 Å². The molecule has 0 aliphatic carbocycles. The normalized spacial score (nSPS) is 10.7. The summed E-state index contributed by atoms with van der Waals surface area (Å²) in [4.78, 5) is 12.0. The minimum absolute atomic E-state index is 0.0984. The molecule has 0 unspecified atom stereocenters. The summed E-state index contributed by atoms with van der Waals surface area (Å²) in [5.41, 5.74) is 2.13. The number of rotatable bonds is 3. The topological polar surface area (TPSA) is 29.1 Å². The lowest BCUT2D eigenvalue weighted by Gasteiger charge is -2.09. The van der Waals surface area contributed by atoms with Crippen LogP contribution in [0.3, 0.4) is 0 Å². The number of benzene rings is 2. The second kappa shape index (κ2) is 6.06. The fourth-order valence-corrected chi connectivity index (χ4v) is 2.08. The molecule has 0 aliphatic rings. The Bertz CT molecular complexity index is 623. The summed E-state index contributed by atoms with van der Waals surface area (Å²) in [5.74, 6) is -0.383. The first-order valence-corrected chi connectivity index (χ1v) is 6.71. The molecule has 0 aliphatic heterocycles. The molecule has 0 radical (unpaired) electrons. The molecule has 0 aromatic heterocycles. The van der Waals surface area contributed by atoms with Crippen molar-refractivity contribution in [3.05, 3.63) is 64.4 Å². The Labute approximate surface area is 122 Å². The van der Waals surface area contributed by atoms with Crippen LogP contribution in [0.15, 0.2) is 42.5 Å². The molecule has 2 rings (SSSR count). The zero-order valence-corrected chi connectivity index (χ0v) is 12.0. The minimum Gasteiger partial charge on any atom is -0.322 e. The maximum Gasteiger partial charge on any atom is 0.257 e. The number of hydrogen-bond donors (Lipinski definition) is 1.